The number of amides is 1. The SMILES string of the molecule is Nc1ccc(Cl)cc1C(=O)Nc1cc([N+](=O)[O-])ccc1Br. The molecule has 0 radical (unpaired) electrons. The number of benzene rings is 2. The van der Waals surface area contributed by atoms with E-state index in [2.05, 4.69) is 21.2 Å². The molecule has 0 aliphatic carbocycles. The molecule has 108 valence electrons. The highest BCUT2D eigenvalue weighted by Gasteiger charge is 2.15. The van der Waals surface area contributed by atoms with Gasteiger partial charge in [0, 0.05) is 27.3 Å². The fourth-order valence-corrected chi connectivity index (χ4v) is 2.16. The zero-order valence-electron chi connectivity index (χ0n) is 10.5. The topological polar surface area (TPSA) is 98.3 Å². The van der Waals surface area contributed by atoms with Crippen molar-refractivity contribution in [3.05, 3.63) is 61.6 Å². The van der Waals surface area contributed by atoms with Gasteiger partial charge in [-0.2, -0.15) is 0 Å². The van der Waals surface area contributed by atoms with Gasteiger partial charge in [-0.05, 0) is 40.2 Å². The van der Waals surface area contributed by atoms with E-state index < -0.39 is 10.8 Å². The Hall–Kier alpha value is -2.12. The van der Waals surface area contributed by atoms with Crippen LogP contribution in [0.5, 0.6) is 0 Å². The van der Waals surface area contributed by atoms with Crippen LogP contribution in [0.15, 0.2) is 40.9 Å². The van der Waals surface area contributed by atoms with E-state index in [1.165, 1.54) is 30.3 Å². The summed E-state index contributed by atoms with van der Waals surface area (Å²) in [6.45, 7) is 0. The number of non-ortho nitro benzene ring substituents is 1. The van der Waals surface area contributed by atoms with E-state index in [0.717, 1.165) is 0 Å². The molecule has 21 heavy (non-hydrogen) atoms. The fourth-order valence-electron chi connectivity index (χ4n) is 1.64. The van der Waals surface area contributed by atoms with Crippen LogP contribution in [0.25, 0.3) is 0 Å². The van der Waals surface area contributed by atoms with Crippen LogP contribution in [0.1, 0.15) is 10.4 Å². The monoisotopic (exact) mass is 369 g/mol. The Kier molecular flexibility index (Phi) is 4.44. The van der Waals surface area contributed by atoms with Crippen molar-refractivity contribution in [1.29, 1.82) is 0 Å². The first-order valence-corrected chi connectivity index (χ1v) is 6.86. The Morgan fingerprint density at radius 3 is 2.67 bits per heavy atom. The van der Waals surface area contributed by atoms with Gasteiger partial charge in [0.1, 0.15) is 0 Å². The van der Waals surface area contributed by atoms with Gasteiger partial charge in [0.25, 0.3) is 11.6 Å². The molecule has 0 saturated heterocycles. The fraction of sp³-hybridized carbons (Fsp3) is 0. The molecular weight excluding hydrogens is 362 g/mol. The molecule has 2 aromatic rings. The minimum Gasteiger partial charge on any atom is -0.398 e. The average Bonchev–Trinajstić information content (AvgIpc) is 2.43. The van der Waals surface area contributed by atoms with Crippen molar-refractivity contribution < 1.29 is 9.72 Å². The first kappa shape index (κ1) is 15.3. The molecule has 0 saturated carbocycles. The molecule has 2 aromatic carbocycles. The van der Waals surface area contributed by atoms with Crippen molar-refractivity contribution in [2.45, 2.75) is 0 Å². The molecule has 2 rings (SSSR count). The third-order valence-electron chi connectivity index (χ3n) is 2.67. The van der Waals surface area contributed by atoms with Crippen LogP contribution < -0.4 is 11.1 Å². The molecule has 0 aliphatic rings. The minimum atomic E-state index is -0.546. The van der Waals surface area contributed by atoms with E-state index in [9.17, 15) is 14.9 Å². The molecule has 8 heteroatoms. The van der Waals surface area contributed by atoms with Crippen LogP contribution in [-0.2, 0) is 0 Å². The molecule has 6 nitrogen and oxygen atoms in total. The maximum absolute atomic E-state index is 12.2. The van der Waals surface area contributed by atoms with Crippen molar-refractivity contribution in [3.8, 4) is 0 Å². The van der Waals surface area contributed by atoms with Crippen LogP contribution in [0.2, 0.25) is 5.02 Å². The van der Waals surface area contributed by atoms with Crippen molar-refractivity contribution in [3.63, 3.8) is 0 Å². The lowest BCUT2D eigenvalue weighted by atomic mass is 10.1. The Morgan fingerprint density at radius 1 is 1.29 bits per heavy atom. The maximum atomic E-state index is 12.2. The Labute approximate surface area is 133 Å². The number of anilines is 2. The maximum Gasteiger partial charge on any atom is 0.271 e. The number of rotatable bonds is 3. The second-order valence-corrected chi connectivity index (χ2v) is 5.40. The van der Waals surface area contributed by atoms with Gasteiger partial charge in [-0.15, -0.1) is 0 Å². The number of nitrogen functional groups attached to an aromatic ring is 1. The number of nitro groups is 1. The van der Waals surface area contributed by atoms with Gasteiger partial charge in [0.05, 0.1) is 16.2 Å². The third-order valence-corrected chi connectivity index (χ3v) is 3.60. The summed E-state index contributed by atoms with van der Waals surface area (Å²) in [5.41, 5.74) is 6.32. The summed E-state index contributed by atoms with van der Waals surface area (Å²) in [5, 5.41) is 13.7. The van der Waals surface area contributed by atoms with Gasteiger partial charge in [0.15, 0.2) is 0 Å². The lowest BCUT2D eigenvalue weighted by Gasteiger charge is -2.09. The van der Waals surface area contributed by atoms with E-state index in [4.69, 9.17) is 17.3 Å². The van der Waals surface area contributed by atoms with Crippen LogP contribution in [0, 0.1) is 10.1 Å². The highest BCUT2D eigenvalue weighted by molar-refractivity contribution is 9.10. The molecule has 0 spiro atoms. The quantitative estimate of drug-likeness (QED) is 0.487. The van der Waals surface area contributed by atoms with E-state index in [1.807, 2.05) is 0 Å². The van der Waals surface area contributed by atoms with Crippen LogP contribution in [0.4, 0.5) is 17.1 Å². The molecule has 0 heterocycles. The number of nitrogens with zero attached hydrogens (tertiary/aromatic N) is 1. The summed E-state index contributed by atoms with van der Waals surface area (Å²) < 4.78 is 0.516. The van der Waals surface area contributed by atoms with Crippen molar-refractivity contribution in [2.75, 3.05) is 11.1 Å². The number of hydrogen-bond acceptors (Lipinski definition) is 4. The lowest BCUT2D eigenvalue weighted by Crippen LogP contribution is -2.14. The normalized spacial score (nSPS) is 10.2. The number of carbonyl (C=O) groups is 1. The number of hydrogen-bond donors (Lipinski definition) is 2. The summed E-state index contributed by atoms with van der Waals surface area (Å²) in [7, 11) is 0. The number of halogens is 2. The van der Waals surface area contributed by atoms with Crippen LogP contribution in [0.3, 0.4) is 0 Å². The van der Waals surface area contributed by atoms with Gasteiger partial charge in [-0.25, -0.2) is 0 Å². The van der Waals surface area contributed by atoms with E-state index in [-0.39, 0.29) is 22.6 Å². The highest BCUT2D eigenvalue weighted by atomic mass is 79.9. The van der Waals surface area contributed by atoms with Crippen molar-refractivity contribution >= 4 is 50.5 Å². The molecule has 0 bridgehead atoms. The Bertz CT molecular complexity index is 737. The van der Waals surface area contributed by atoms with E-state index >= 15 is 0 Å². The lowest BCUT2D eigenvalue weighted by molar-refractivity contribution is -0.384. The predicted molar refractivity (Wildman–Crippen MR) is 84.6 cm³/mol. The van der Waals surface area contributed by atoms with Crippen LogP contribution in [-0.4, -0.2) is 10.8 Å². The second-order valence-electron chi connectivity index (χ2n) is 4.11. The molecule has 0 aromatic heterocycles. The molecular formula is C13H9BrClN3O3. The van der Waals surface area contributed by atoms with Crippen molar-refractivity contribution in [2.24, 2.45) is 0 Å². The number of nitrogens with one attached hydrogen (secondary N) is 1. The third kappa shape index (κ3) is 3.50. The molecule has 0 unspecified atom stereocenters. The standard InChI is InChI=1S/C13H9BrClN3O3/c14-10-3-2-8(18(20)21)6-12(10)17-13(19)9-5-7(15)1-4-11(9)16/h1-6H,16H2,(H,17,19). The van der Waals surface area contributed by atoms with Gasteiger partial charge in [0.2, 0.25) is 0 Å². The smallest absolute Gasteiger partial charge is 0.271 e. The van der Waals surface area contributed by atoms with Gasteiger partial charge in [-0.3, -0.25) is 14.9 Å². The average molecular weight is 371 g/mol. The molecule has 1 amide bonds. The summed E-state index contributed by atoms with van der Waals surface area (Å²) in [4.78, 5) is 22.4. The largest absolute Gasteiger partial charge is 0.398 e. The summed E-state index contributed by atoms with van der Waals surface area (Å²) in [5.74, 6) is -0.504. The van der Waals surface area contributed by atoms with Crippen LogP contribution >= 0.6 is 27.5 Å². The Morgan fingerprint density at radius 2 is 2.00 bits per heavy atom. The van der Waals surface area contributed by atoms with E-state index in [1.54, 1.807) is 6.07 Å². The first-order valence-electron chi connectivity index (χ1n) is 5.69. The minimum absolute atomic E-state index is 0.132. The molecule has 3 N–H and O–H groups in total. The predicted octanol–water partition coefficient (Wildman–Crippen LogP) is 3.85. The number of nitro benzene ring substituents is 1. The summed E-state index contributed by atoms with van der Waals surface area (Å²) in [6.07, 6.45) is 0. The highest BCUT2D eigenvalue weighted by Crippen LogP contribution is 2.28. The van der Waals surface area contributed by atoms with Gasteiger partial charge < -0.3 is 11.1 Å². The second kappa shape index (κ2) is 6.11. The zero-order chi connectivity index (χ0) is 15.6. The van der Waals surface area contributed by atoms with Gasteiger partial charge >= 0.3 is 0 Å². The van der Waals surface area contributed by atoms with Gasteiger partial charge in [-0.1, -0.05) is 11.6 Å². The first-order chi connectivity index (χ1) is 9.88. The number of carbonyl (C=O) groups excluding carboxylic acids is 1. The molecule has 0 aliphatic heterocycles. The van der Waals surface area contributed by atoms with Crippen molar-refractivity contribution in [1.82, 2.24) is 0 Å². The number of nitrogens with two attached hydrogens (primary N) is 1. The van der Waals surface area contributed by atoms with E-state index in [0.29, 0.717) is 9.50 Å². The Balaban J connectivity index is 2.33. The zero-order valence-corrected chi connectivity index (χ0v) is 12.8. The summed E-state index contributed by atoms with van der Waals surface area (Å²) >= 11 is 9.05. The molecule has 0 atom stereocenters. The molecule has 0 fully saturated rings. The summed E-state index contributed by atoms with van der Waals surface area (Å²) in [6, 6.07) is 8.57.